The molecule has 0 amide bonds. The molecule has 3 heterocycles. The topological polar surface area (TPSA) is 47.0 Å². The molecule has 4 nitrogen and oxygen atoms in total. The van der Waals surface area contributed by atoms with Gasteiger partial charge in [-0.2, -0.15) is 0 Å². The summed E-state index contributed by atoms with van der Waals surface area (Å²) in [4.78, 5) is 10.2. The second kappa shape index (κ2) is 4.58. The predicted molar refractivity (Wildman–Crippen MR) is 69.5 cm³/mol. The number of thiophene rings is 1. The molecular formula is C12H15N3OS. The van der Waals surface area contributed by atoms with Crippen LogP contribution in [0.1, 0.15) is 31.7 Å². The van der Waals surface area contributed by atoms with E-state index in [1.807, 2.05) is 0 Å². The van der Waals surface area contributed by atoms with E-state index in [1.54, 1.807) is 11.3 Å². The lowest BCUT2D eigenvalue weighted by molar-refractivity contribution is 0.105. The quantitative estimate of drug-likeness (QED) is 0.908. The summed E-state index contributed by atoms with van der Waals surface area (Å²) in [5.41, 5.74) is 0. The fourth-order valence-corrected chi connectivity index (χ4v) is 2.87. The summed E-state index contributed by atoms with van der Waals surface area (Å²) in [6, 6.07) is 2.07. The third-order valence-corrected chi connectivity index (χ3v) is 3.71. The molecule has 1 aliphatic rings. The van der Waals surface area contributed by atoms with Crippen LogP contribution in [0.25, 0.3) is 10.2 Å². The van der Waals surface area contributed by atoms with Gasteiger partial charge in [0.15, 0.2) is 5.82 Å². The first-order valence-corrected chi connectivity index (χ1v) is 6.87. The number of aromatic nitrogens is 2. The molecule has 90 valence electrons. The van der Waals surface area contributed by atoms with Gasteiger partial charge in [-0.25, -0.2) is 9.97 Å². The molecule has 1 aliphatic heterocycles. The fraction of sp³-hybridized carbons (Fsp3) is 0.500. The zero-order valence-electron chi connectivity index (χ0n) is 9.77. The predicted octanol–water partition coefficient (Wildman–Crippen LogP) is 2.97. The first kappa shape index (κ1) is 10.9. The summed E-state index contributed by atoms with van der Waals surface area (Å²) in [6.45, 7) is 3.77. The molecule has 0 saturated carbocycles. The highest BCUT2D eigenvalue weighted by atomic mass is 32.1. The minimum Gasteiger partial charge on any atom is -0.370 e. The summed E-state index contributed by atoms with van der Waals surface area (Å²) < 4.78 is 5.65. The van der Waals surface area contributed by atoms with E-state index >= 15 is 0 Å². The molecule has 1 fully saturated rings. The summed E-state index contributed by atoms with van der Waals surface area (Å²) >= 11 is 1.65. The number of nitrogens with zero attached hydrogens (tertiary/aromatic N) is 2. The van der Waals surface area contributed by atoms with Crippen molar-refractivity contribution in [3.63, 3.8) is 0 Å². The van der Waals surface area contributed by atoms with Crippen LogP contribution in [-0.4, -0.2) is 23.1 Å². The molecule has 17 heavy (non-hydrogen) atoms. The van der Waals surface area contributed by atoms with Crippen molar-refractivity contribution < 1.29 is 4.74 Å². The Hall–Kier alpha value is -1.20. The Morgan fingerprint density at radius 2 is 2.47 bits per heavy atom. The molecule has 3 rings (SSSR count). The minimum atomic E-state index is 0.0823. The van der Waals surface area contributed by atoms with Crippen molar-refractivity contribution in [2.45, 2.75) is 25.9 Å². The summed E-state index contributed by atoms with van der Waals surface area (Å²) in [5, 5.41) is 6.47. The van der Waals surface area contributed by atoms with Crippen molar-refractivity contribution in [3.05, 3.63) is 17.3 Å². The fourth-order valence-electron chi connectivity index (χ4n) is 2.10. The molecule has 1 unspecified atom stereocenters. The maximum Gasteiger partial charge on any atom is 0.161 e. The number of nitrogens with one attached hydrogen (secondary N) is 1. The van der Waals surface area contributed by atoms with Gasteiger partial charge in [0.05, 0.1) is 5.39 Å². The molecule has 1 N–H and O–H groups in total. The van der Waals surface area contributed by atoms with E-state index in [4.69, 9.17) is 4.74 Å². The van der Waals surface area contributed by atoms with Crippen molar-refractivity contribution in [3.8, 4) is 0 Å². The molecule has 1 atom stereocenters. The van der Waals surface area contributed by atoms with Crippen LogP contribution in [0.5, 0.6) is 0 Å². The standard InChI is InChI=1S/C12H15N3OS/c1-2-13-10-8-5-7-17-12(8)15-11(14-10)9-4-3-6-16-9/h5,7,9H,2-4,6H2,1H3,(H,13,14,15). The van der Waals surface area contributed by atoms with Gasteiger partial charge in [-0.15, -0.1) is 11.3 Å². The third-order valence-electron chi connectivity index (χ3n) is 2.90. The maximum absolute atomic E-state index is 5.65. The van der Waals surface area contributed by atoms with Crippen molar-refractivity contribution in [1.82, 2.24) is 9.97 Å². The summed E-state index contributed by atoms with van der Waals surface area (Å²) in [6.07, 6.45) is 2.22. The van der Waals surface area contributed by atoms with E-state index in [2.05, 4.69) is 33.7 Å². The Morgan fingerprint density at radius 3 is 3.24 bits per heavy atom. The average Bonchev–Trinajstić information content (AvgIpc) is 3.00. The first-order valence-electron chi connectivity index (χ1n) is 5.99. The van der Waals surface area contributed by atoms with E-state index in [1.165, 1.54) is 0 Å². The van der Waals surface area contributed by atoms with E-state index in [0.29, 0.717) is 0 Å². The van der Waals surface area contributed by atoms with Crippen molar-refractivity contribution >= 4 is 27.4 Å². The number of anilines is 1. The number of fused-ring (bicyclic) bond motifs is 1. The Kier molecular flexibility index (Phi) is 2.94. The minimum absolute atomic E-state index is 0.0823. The highest BCUT2D eigenvalue weighted by Gasteiger charge is 2.22. The van der Waals surface area contributed by atoms with E-state index in [0.717, 1.165) is 47.9 Å². The highest BCUT2D eigenvalue weighted by Crippen LogP contribution is 2.31. The average molecular weight is 249 g/mol. The highest BCUT2D eigenvalue weighted by molar-refractivity contribution is 7.16. The first-order chi connectivity index (χ1) is 8.38. The van der Waals surface area contributed by atoms with Gasteiger partial charge in [-0.3, -0.25) is 0 Å². The van der Waals surface area contributed by atoms with E-state index < -0.39 is 0 Å². The molecule has 2 aromatic heterocycles. The van der Waals surface area contributed by atoms with Gasteiger partial charge >= 0.3 is 0 Å². The molecule has 2 aromatic rings. The summed E-state index contributed by atoms with van der Waals surface area (Å²) in [5.74, 6) is 1.76. The second-order valence-corrected chi connectivity index (χ2v) is 5.00. The van der Waals surface area contributed by atoms with Gasteiger partial charge in [0.25, 0.3) is 0 Å². The number of hydrogen-bond donors (Lipinski definition) is 1. The summed E-state index contributed by atoms with van der Waals surface area (Å²) in [7, 11) is 0. The van der Waals surface area contributed by atoms with Crippen molar-refractivity contribution in [2.24, 2.45) is 0 Å². The smallest absolute Gasteiger partial charge is 0.161 e. The lowest BCUT2D eigenvalue weighted by atomic mass is 10.2. The van der Waals surface area contributed by atoms with Crippen LogP contribution in [-0.2, 0) is 4.74 Å². The molecule has 0 aromatic carbocycles. The van der Waals surface area contributed by atoms with Crippen LogP contribution < -0.4 is 5.32 Å². The zero-order chi connectivity index (χ0) is 11.7. The van der Waals surface area contributed by atoms with Gasteiger partial charge in [-0.1, -0.05) is 0 Å². The van der Waals surface area contributed by atoms with Gasteiger partial charge in [0.1, 0.15) is 16.8 Å². The molecule has 1 saturated heterocycles. The lowest BCUT2D eigenvalue weighted by Crippen LogP contribution is -2.07. The van der Waals surface area contributed by atoms with Crippen molar-refractivity contribution in [1.29, 1.82) is 0 Å². The number of ether oxygens (including phenoxy) is 1. The van der Waals surface area contributed by atoms with Crippen LogP contribution in [0.3, 0.4) is 0 Å². The third kappa shape index (κ3) is 2.00. The Morgan fingerprint density at radius 1 is 1.53 bits per heavy atom. The molecule has 0 aliphatic carbocycles. The maximum atomic E-state index is 5.65. The Bertz CT molecular complexity index is 519. The Labute approximate surface area is 104 Å². The Balaban J connectivity index is 2.06. The van der Waals surface area contributed by atoms with Gasteiger partial charge in [0.2, 0.25) is 0 Å². The van der Waals surface area contributed by atoms with Gasteiger partial charge in [0, 0.05) is 13.2 Å². The molecule has 5 heteroatoms. The van der Waals surface area contributed by atoms with Crippen LogP contribution in [0, 0.1) is 0 Å². The normalized spacial score (nSPS) is 19.9. The van der Waals surface area contributed by atoms with Crippen LogP contribution in [0.2, 0.25) is 0 Å². The molecule has 0 spiro atoms. The lowest BCUT2D eigenvalue weighted by Gasteiger charge is -2.11. The number of hydrogen-bond acceptors (Lipinski definition) is 5. The largest absolute Gasteiger partial charge is 0.370 e. The van der Waals surface area contributed by atoms with Crippen LogP contribution in [0.15, 0.2) is 11.4 Å². The van der Waals surface area contributed by atoms with Gasteiger partial charge in [-0.05, 0) is 31.2 Å². The molecule has 0 radical (unpaired) electrons. The molecule has 0 bridgehead atoms. The van der Waals surface area contributed by atoms with Crippen LogP contribution >= 0.6 is 11.3 Å². The molecular weight excluding hydrogens is 234 g/mol. The SMILES string of the molecule is CCNc1nc(C2CCCO2)nc2sccc12. The van der Waals surface area contributed by atoms with E-state index in [-0.39, 0.29) is 6.10 Å². The van der Waals surface area contributed by atoms with Crippen molar-refractivity contribution in [2.75, 3.05) is 18.5 Å². The monoisotopic (exact) mass is 249 g/mol. The van der Waals surface area contributed by atoms with E-state index in [9.17, 15) is 0 Å². The van der Waals surface area contributed by atoms with Gasteiger partial charge < -0.3 is 10.1 Å². The zero-order valence-corrected chi connectivity index (χ0v) is 10.6. The van der Waals surface area contributed by atoms with Crippen LogP contribution in [0.4, 0.5) is 5.82 Å². The number of rotatable bonds is 3. The second-order valence-electron chi connectivity index (χ2n) is 4.10.